The standard InChI is InChI=1S/C13H16BrNO3S/c1-9-5-6-10(14)8-11(9)15-13(16)12-4-2-3-7-19(12,17)18/h5-6,8,12H,2-4,7H2,1H3,(H,15,16). The van der Waals surface area contributed by atoms with Crippen molar-refractivity contribution in [2.24, 2.45) is 0 Å². The molecule has 0 spiro atoms. The smallest absolute Gasteiger partial charge is 0.242 e. The minimum absolute atomic E-state index is 0.114. The minimum Gasteiger partial charge on any atom is -0.325 e. The van der Waals surface area contributed by atoms with Crippen molar-refractivity contribution in [1.29, 1.82) is 0 Å². The van der Waals surface area contributed by atoms with Gasteiger partial charge in [-0.25, -0.2) is 8.42 Å². The van der Waals surface area contributed by atoms with Gasteiger partial charge < -0.3 is 5.32 Å². The lowest BCUT2D eigenvalue weighted by molar-refractivity contribution is -0.116. The second kappa shape index (κ2) is 5.63. The minimum atomic E-state index is -3.29. The van der Waals surface area contributed by atoms with Gasteiger partial charge in [0.25, 0.3) is 0 Å². The molecule has 1 amide bonds. The molecule has 1 aliphatic heterocycles. The Morgan fingerprint density at radius 1 is 1.37 bits per heavy atom. The van der Waals surface area contributed by atoms with E-state index in [4.69, 9.17) is 0 Å². The van der Waals surface area contributed by atoms with Crippen molar-refractivity contribution in [3.63, 3.8) is 0 Å². The summed E-state index contributed by atoms with van der Waals surface area (Å²) in [7, 11) is -3.29. The van der Waals surface area contributed by atoms with Crippen molar-refractivity contribution < 1.29 is 13.2 Å². The molecule has 1 saturated heterocycles. The quantitative estimate of drug-likeness (QED) is 0.896. The van der Waals surface area contributed by atoms with E-state index in [0.29, 0.717) is 18.5 Å². The van der Waals surface area contributed by atoms with Gasteiger partial charge in [0, 0.05) is 10.2 Å². The van der Waals surface area contributed by atoms with Gasteiger partial charge in [0.15, 0.2) is 9.84 Å². The lowest BCUT2D eigenvalue weighted by Crippen LogP contribution is -2.39. The molecule has 0 radical (unpaired) electrons. The summed E-state index contributed by atoms with van der Waals surface area (Å²) in [5, 5.41) is 1.83. The van der Waals surface area contributed by atoms with Gasteiger partial charge in [-0.05, 0) is 37.5 Å². The molecule has 1 aromatic rings. The first kappa shape index (κ1) is 14.5. The zero-order valence-corrected chi connectivity index (χ0v) is 13.1. The first-order chi connectivity index (χ1) is 8.90. The first-order valence-electron chi connectivity index (χ1n) is 6.19. The number of nitrogens with one attached hydrogen (secondary N) is 1. The van der Waals surface area contributed by atoms with E-state index in [9.17, 15) is 13.2 Å². The number of anilines is 1. The zero-order valence-electron chi connectivity index (χ0n) is 10.6. The number of hydrogen-bond donors (Lipinski definition) is 1. The molecule has 1 aliphatic rings. The summed E-state index contributed by atoms with van der Waals surface area (Å²) in [5.74, 6) is -0.302. The molecule has 0 bridgehead atoms. The van der Waals surface area contributed by atoms with Crippen molar-refractivity contribution in [2.75, 3.05) is 11.1 Å². The molecule has 1 unspecified atom stereocenters. The maximum absolute atomic E-state index is 12.1. The molecular formula is C13H16BrNO3S. The van der Waals surface area contributed by atoms with Crippen molar-refractivity contribution >= 4 is 37.4 Å². The summed E-state index contributed by atoms with van der Waals surface area (Å²) in [6.07, 6.45) is 1.86. The maximum Gasteiger partial charge on any atom is 0.242 e. The Kier molecular flexibility index (Phi) is 4.30. The van der Waals surface area contributed by atoms with Crippen LogP contribution >= 0.6 is 15.9 Å². The largest absolute Gasteiger partial charge is 0.325 e. The van der Waals surface area contributed by atoms with Crippen LogP contribution in [-0.4, -0.2) is 25.3 Å². The van der Waals surface area contributed by atoms with Crippen LogP contribution in [0.1, 0.15) is 24.8 Å². The van der Waals surface area contributed by atoms with Gasteiger partial charge in [0.2, 0.25) is 5.91 Å². The molecule has 0 aromatic heterocycles. The average Bonchev–Trinajstić information content (AvgIpc) is 2.33. The Morgan fingerprint density at radius 2 is 2.11 bits per heavy atom. The Balaban J connectivity index is 2.19. The first-order valence-corrected chi connectivity index (χ1v) is 8.69. The van der Waals surface area contributed by atoms with Crippen LogP contribution in [0.4, 0.5) is 5.69 Å². The fourth-order valence-corrected chi connectivity index (χ4v) is 4.35. The van der Waals surface area contributed by atoms with Crippen molar-refractivity contribution in [3.8, 4) is 0 Å². The molecule has 1 atom stereocenters. The fourth-order valence-electron chi connectivity index (χ4n) is 2.19. The molecule has 4 nitrogen and oxygen atoms in total. The summed E-state index contributed by atoms with van der Waals surface area (Å²) in [6.45, 7) is 1.87. The zero-order chi connectivity index (χ0) is 14.0. The van der Waals surface area contributed by atoms with E-state index >= 15 is 0 Å². The van der Waals surface area contributed by atoms with Crippen LogP contribution in [-0.2, 0) is 14.6 Å². The van der Waals surface area contributed by atoms with Gasteiger partial charge in [-0.2, -0.15) is 0 Å². The van der Waals surface area contributed by atoms with E-state index in [1.165, 1.54) is 0 Å². The number of aryl methyl sites for hydroxylation is 1. The molecule has 2 rings (SSSR count). The summed E-state index contributed by atoms with van der Waals surface area (Å²) < 4.78 is 24.6. The topological polar surface area (TPSA) is 63.2 Å². The van der Waals surface area contributed by atoms with Crippen LogP contribution in [0.3, 0.4) is 0 Å². The highest BCUT2D eigenvalue weighted by molar-refractivity contribution is 9.10. The molecular weight excluding hydrogens is 330 g/mol. The fraction of sp³-hybridized carbons (Fsp3) is 0.462. The van der Waals surface area contributed by atoms with Crippen LogP contribution < -0.4 is 5.32 Å². The van der Waals surface area contributed by atoms with Crippen molar-refractivity contribution in [1.82, 2.24) is 0 Å². The second-order valence-corrected chi connectivity index (χ2v) is 8.02. The molecule has 1 N–H and O–H groups in total. The molecule has 0 aliphatic carbocycles. The lowest BCUT2D eigenvalue weighted by atomic mass is 10.1. The summed E-state index contributed by atoms with van der Waals surface area (Å²) in [6, 6.07) is 5.53. The SMILES string of the molecule is Cc1ccc(Br)cc1NC(=O)C1CCCCS1(=O)=O. The predicted octanol–water partition coefficient (Wildman–Crippen LogP) is 2.66. The van der Waals surface area contributed by atoms with E-state index in [1.807, 2.05) is 19.1 Å². The monoisotopic (exact) mass is 345 g/mol. The van der Waals surface area contributed by atoms with E-state index < -0.39 is 21.0 Å². The number of halogens is 1. The summed E-state index contributed by atoms with van der Waals surface area (Å²) in [4.78, 5) is 12.1. The molecule has 1 fully saturated rings. The van der Waals surface area contributed by atoms with E-state index in [-0.39, 0.29) is 5.75 Å². The number of hydrogen-bond acceptors (Lipinski definition) is 3. The number of sulfone groups is 1. The summed E-state index contributed by atoms with van der Waals surface area (Å²) in [5.41, 5.74) is 1.56. The number of carbonyl (C=O) groups excluding carboxylic acids is 1. The maximum atomic E-state index is 12.1. The van der Waals surface area contributed by atoms with Gasteiger partial charge in [0.1, 0.15) is 5.25 Å². The van der Waals surface area contributed by atoms with Crippen LogP contribution in [0.15, 0.2) is 22.7 Å². The highest BCUT2D eigenvalue weighted by Gasteiger charge is 2.34. The van der Waals surface area contributed by atoms with Crippen LogP contribution in [0.5, 0.6) is 0 Å². The second-order valence-electron chi connectivity index (χ2n) is 4.80. The number of rotatable bonds is 2. The van der Waals surface area contributed by atoms with E-state index in [0.717, 1.165) is 16.5 Å². The molecule has 6 heteroatoms. The third kappa shape index (κ3) is 3.36. The molecule has 19 heavy (non-hydrogen) atoms. The molecule has 1 heterocycles. The van der Waals surface area contributed by atoms with E-state index in [1.54, 1.807) is 6.07 Å². The van der Waals surface area contributed by atoms with Gasteiger partial charge in [-0.1, -0.05) is 28.4 Å². The Bertz CT molecular complexity index is 598. The molecule has 0 saturated carbocycles. The Hall–Kier alpha value is -0.880. The average molecular weight is 346 g/mol. The normalized spacial score (nSPS) is 21.9. The number of benzene rings is 1. The Labute approximate surface area is 121 Å². The Morgan fingerprint density at radius 3 is 2.79 bits per heavy atom. The summed E-state index contributed by atoms with van der Waals surface area (Å²) >= 11 is 3.34. The number of amides is 1. The highest BCUT2D eigenvalue weighted by atomic mass is 79.9. The van der Waals surface area contributed by atoms with Gasteiger partial charge in [-0.15, -0.1) is 0 Å². The van der Waals surface area contributed by atoms with Crippen LogP contribution in [0.25, 0.3) is 0 Å². The number of carbonyl (C=O) groups is 1. The van der Waals surface area contributed by atoms with Crippen molar-refractivity contribution in [3.05, 3.63) is 28.2 Å². The van der Waals surface area contributed by atoms with Gasteiger partial charge in [-0.3, -0.25) is 4.79 Å². The highest BCUT2D eigenvalue weighted by Crippen LogP contribution is 2.24. The van der Waals surface area contributed by atoms with Crippen molar-refractivity contribution in [2.45, 2.75) is 31.4 Å². The predicted molar refractivity (Wildman–Crippen MR) is 78.9 cm³/mol. The molecule has 1 aromatic carbocycles. The van der Waals surface area contributed by atoms with Gasteiger partial charge in [0.05, 0.1) is 5.75 Å². The van der Waals surface area contributed by atoms with Crippen LogP contribution in [0, 0.1) is 6.92 Å². The molecule has 104 valence electrons. The third-order valence-electron chi connectivity index (χ3n) is 3.33. The van der Waals surface area contributed by atoms with E-state index in [2.05, 4.69) is 21.2 Å². The third-order valence-corrected chi connectivity index (χ3v) is 6.00. The van der Waals surface area contributed by atoms with Crippen LogP contribution in [0.2, 0.25) is 0 Å². The lowest BCUT2D eigenvalue weighted by Gasteiger charge is -2.21. The van der Waals surface area contributed by atoms with Gasteiger partial charge >= 0.3 is 0 Å².